The number of nitrogens with zero attached hydrogens (tertiary/aromatic N) is 2. The van der Waals surface area contributed by atoms with E-state index in [0.29, 0.717) is 18.5 Å². The summed E-state index contributed by atoms with van der Waals surface area (Å²) < 4.78 is 5.59. The molecule has 3 aliphatic rings. The van der Waals surface area contributed by atoms with E-state index in [4.69, 9.17) is 4.74 Å². The van der Waals surface area contributed by atoms with Crippen LogP contribution in [0.15, 0.2) is 24.3 Å². The lowest BCUT2D eigenvalue weighted by Gasteiger charge is -2.45. The molecule has 1 aromatic rings. The number of amides is 1. The van der Waals surface area contributed by atoms with Crippen LogP contribution >= 0.6 is 0 Å². The van der Waals surface area contributed by atoms with E-state index in [9.17, 15) is 4.79 Å². The number of benzene rings is 1. The maximum Gasteiger partial charge on any atom is 0.237 e. The van der Waals surface area contributed by atoms with E-state index < -0.39 is 0 Å². The van der Waals surface area contributed by atoms with E-state index in [-0.39, 0.29) is 6.04 Å². The van der Waals surface area contributed by atoms with Gasteiger partial charge < -0.3 is 15.0 Å². The number of hydrogen-bond donors (Lipinski definition) is 1. The Morgan fingerprint density at radius 1 is 1.15 bits per heavy atom. The number of piperazine rings is 1. The molecule has 27 heavy (non-hydrogen) atoms. The standard InChI is InChI=1S/C22H33N3O2/c1-27-21-11-5-3-9-18(21)20-15-23-12-14-24(20)16-22(26)25-13-6-8-17-7-2-4-10-19(17)25/h3,5,9,11,17,19-20,23H,2,4,6-8,10,12-16H2,1H3. The third-order valence-electron chi connectivity index (χ3n) is 6.75. The molecule has 1 aliphatic carbocycles. The van der Waals surface area contributed by atoms with Crippen molar-refractivity contribution >= 4 is 5.91 Å². The van der Waals surface area contributed by atoms with Crippen LogP contribution in [-0.2, 0) is 4.79 Å². The molecule has 1 aromatic carbocycles. The Bertz CT molecular complexity index is 648. The highest BCUT2D eigenvalue weighted by Gasteiger charge is 2.37. The van der Waals surface area contributed by atoms with Gasteiger partial charge in [0.1, 0.15) is 5.75 Å². The molecular formula is C22H33N3O2. The van der Waals surface area contributed by atoms with Crippen LogP contribution < -0.4 is 10.1 Å². The van der Waals surface area contributed by atoms with Crippen LogP contribution in [0.2, 0.25) is 0 Å². The SMILES string of the molecule is COc1ccccc1C1CNCCN1CC(=O)N1CCCC2CCCCC21. The van der Waals surface area contributed by atoms with Crippen LogP contribution in [0, 0.1) is 5.92 Å². The fourth-order valence-electron chi connectivity index (χ4n) is 5.38. The van der Waals surface area contributed by atoms with Crippen molar-refractivity contribution in [3.05, 3.63) is 29.8 Å². The molecular weight excluding hydrogens is 338 g/mol. The first kappa shape index (κ1) is 18.8. The minimum Gasteiger partial charge on any atom is -0.496 e. The van der Waals surface area contributed by atoms with Crippen LogP contribution in [-0.4, -0.2) is 61.6 Å². The van der Waals surface area contributed by atoms with Gasteiger partial charge in [0.15, 0.2) is 0 Å². The number of likely N-dealkylation sites (tertiary alicyclic amines) is 1. The molecule has 5 nitrogen and oxygen atoms in total. The number of fused-ring (bicyclic) bond motifs is 1. The molecule has 0 bridgehead atoms. The molecule has 148 valence electrons. The first-order valence-corrected chi connectivity index (χ1v) is 10.6. The van der Waals surface area contributed by atoms with Gasteiger partial charge in [-0.3, -0.25) is 9.69 Å². The third kappa shape index (κ3) is 3.99. The number of para-hydroxylation sites is 1. The van der Waals surface area contributed by atoms with Crippen LogP contribution in [0.25, 0.3) is 0 Å². The van der Waals surface area contributed by atoms with Gasteiger partial charge in [-0.1, -0.05) is 31.0 Å². The number of carbonyl (C=O) groups excluding carboxylic acids is 1. The van der Waals surface area contributed by atoms with E-state index in [2.05, 4.69) is 27.2 Å². The molecule has 0 aromatic heterocycles. The van der Waals surface area contributed by atoms with Crippen molar-refractivity contribution in [3.63, 3.8) is 0 Å². The molecule has 0 radical (unpaired) electrons. The van der Waals surface area contributed by atoms with Crippen LogP contribution in [0.1, 0.15) is 50.1 Å². The summed E-state index contributed by atoms with van der Waals surface area (Å²) in [6.07, 6.45) is 7.62. The second kappa shape index (κ2) is 8.61. The van der Waals surface area contributed by atoms with Gasteiger partial charge in [0.2, 0.25) is 5.91 Å². The van der Waals surface area contributed by atoms with E-state index in [1.807, 2.05) is 12.1 Å². The second-order valence-corrected chi connectivity index (χ2v) is 8.27. The zero-order valence-corrected chi connectivity index (χ0v) is 16.5. The average Bonchev–Trinajstić information content (AvgIpc) is 2.73. The number of piperidine rings is 1. The summed E-state index contributed by atoms with van der Waals surface area (Å²) in [6.45, 7) is 4.17. The molecule has 3 unspecified atom stereocenters. The van der Waals surface area contributed by atoms with Crippen molar-refractivity contribution in [1.29, 1.82) is 0 Å². The number of ether oxygens (including phenoxy) is 1. The first-order valence-electron chi connectivity index (χ1n) is 10.6. The summed E-state index contributed by atoms with van der Waals surface area (Å²) >= 11 is 0. The molecule has 2 aliphatic heterocycles. The summed E-state index contributed by atoms with van der Waals surface area (Å²) in [7, 11) is 1.72. The second-order valence-electron chi connectivity index (χ2n) is 8.27. The lowest BCUT2D eigenvalue weighted by atomic mass is 9.78. The van der Waals surface area contributed by atoms with Crippen molar-refractivity contribution in [1.82, 2.24) is 15.1 Å². The number of hydrogen-bond acceptors (Lipinski definition) is 4. The van der Waals surface area contributed by atoms with Gasteiger partial charge in [-0.15, -0.1) is 0 Å². The predicted octanol–water partition coefficient (Wildman–Crippen LogP) is 2.82. The maximum atomic E-state index is 13.3. The van der Waals surface area contributed by atoms with Crippen molar-refractivity contribution < 1.29 is 9.53 Å². The fraction of sp³-hybridized carbons (Fsp3) is 0.682. The van der Waals surface area contributed by atoms with Crippen molar-refractivity contribution in [3.8, 4) is 5.75 Å². The highest BCUT2D eigenvalue weighted by molar-refractivity contribution is 5.79. The Balaban J connectivity index is 1.48. The molecule has 5 heteroatoms. The van der Waals surface area contributed by atoms with Crippen molar-refractivity contribution in [2.45, 2.75) is 50.6 Å². The Morgan fingerprint density at radius 2 is 1.96 bits per heavy atom. The Hall–Kier alpha value is -1.59. The van der Waals surface area contributed by atoms with Gasteiger partial charge in [-0.05, 0) is 37.7 Å². The molecule has 1 saturated carbocycles. The van der Waals surface area contributed by atoms with E-state index in [1.165, 1.54) is 44.1 Å². The zero-order valence-electron chi connectivity index (χ0n) is 16.5. The highest BCUT2D eigenvalue weighted by atomic mass is 16.5. The topological polar surface area (TPSA) is 44.8 Å². The zero-order chi connectivity index (χ0) is 18.6. The normalized spacial score (nSPS) is 29.2. The lowest BCUT2D eigenvalue weighted by molar-refractivity contribution is -0.139. The summed E-state index contributed by atoms with van der Waals surface area (Å²) in [5, 5.41) is 3.49. The number of methoxy groups -OCH3 is 1. The molecule has 1 amide bonds. The predicted molar refractivity (Wildman–Crippen MR) is 107 cm³/mol. The molecule has 2 saturated heterocycles. The van der Waals surface area contributed by atoms with Gasteiger partial charge in [-0.2, -0.15) is 0 Å². The highest BCUT2D eigenvalue weighted by Crippen LogP contribution is 2.36. The quantitative estimate of drug-likeness (QED) is 0.884. The Labute approximate surface area is 163 Å². The van der Waals surface area contributed by atoms with E-state index >= 15 is 0 Å². The monoisotopic (exact) mass is 371 g/mol. The Morgan fingerprint density at radius 3 is 2.85 bits per heavy atom. The Kier molecular flexibility index (Phi) is 5.98. The number of nitrogens with one attached hydrogen (secondary N) is 1. The number of rotatable bonds is 4. The summed E-state index contributed by atoms with van der Waals surface area (Å²) in [5.74, 6) is 1.98. The molecule has 0 spiro atoms. The third-order valence-corrected chi connectivity index (χ3v) is 6.75. The minimum absolute atomic E-state index is 0.186. The van der Waals surface area contributed by atoms with Crippen molar-refractivity contribution in [2.24, 2.45) is 5.92 Å². The first-order chi connectivity index (χ1) is 13.3. The molecule has 3 atom stereocenters. The average molecular weight is 372 g/mol. The smallest absolute Gasteiger partial charge is 0.237 e. The van der Waals surface area contributed by atoms with Crippen LogP contribution in [0.4, 0.5) is 0 Å². The van der Waals surface area contributed by atoms with Gasteiger partial charge >= 0.3 is 0 Å². The minimum atomic E-state index is 0.186. The molecule has 2 heterocycles. The van der Waals surface area contributed by atoms with Crippen LogP contribution in [0.3, 0.4) is 0 Å². The van der Waals surface area contributed by atoms with Gasteiger partial charge in [0.25, 0.3) is 0 Å². The molecule has 3 fully saturated rings. The van der Waals surface area contributed by atoms with Gasteiger partial charge in [0, 0.05) is 37.8 Å². The van der Waals surface area contributed by atoms with Crippen molar-refractivity contribution in [2.75, 3.05) is 39.8 Å². The van der Waals surface area contributed by atoms with E-state index in [0.717, 1.165) is 37.8 Å². The largest absolute Gasteiger partial charge is 0.496 e. The summed E-state index contributed by atoms with van der Waals surface area (Å²) in [4.78, 5) is 17.9. The van der Waals surface area contributed by atoms with E-state index in [1.54, 1.807) is 7.11 Å². The maximum absolute atomic E-state index is 13.3. The lowest BCUT2D eigenvalue weighted by Crippen LogP contribution is -2.55. The summed E-state index contributed by atoms with van der Waals surface area (Å²) in [6, 6.07) is 8.89. The summed E-state index contributed by atoms with van der Waals surface area (Å²) in [5.41, 5.74) is 1.18. The number of carbonyl (C=O) groups is 1. The molecule has 1 N–H and O–H groups in total. The fourth-order valence-corrected chi connectivity index (χ4v) is 5.38. The van der Waals surface area contributed by atoms with Gasteiger partial charge in [-0.25, -0.2) is 0 Å². The molecule has 4 rings (SSSR count). The van der Waals surface area contributed by atoms with Crippen LogP contribution in [0.5, 0.6) is 5.75 Å². The van der Waals surface area contributed by atoms with Gasteiger partial charge in [0.05, 0.1) is 19.7 Å².